The molecule has 0 aliphatic carbocycles. The molecule has 0 unspecified atom stereocenters. The fraction of sp³-hybridized carbons (Fsp3) is 0.391. The zero-order valence-electron chi connectivity index (χ0n) is 16.9. The minimum atomic E-state index is -0.446. The number of carbonyl (C=O) groups is 2. The van der Waals surface area contributed by atoms with Gasteiger partial charge in [0.15, 0.2) is 0 Å². The number of carbonyl (C=O) groups excluding carboxylic acids is 2. The normalized spacial score (nSPS) is 17.8. The first-order valence-electron chi connectivity index (χ1n) is 10.4. The molecule has 2 amide bonds. The Morgan fingerprint density at radius 3 is 2.41 bits per heavy atom. The minimum absolute atomic E-state index is 0.0375. The Kier molecular flexibility index (Phi) is 5.69. The maximum atomic E-state index is 13.0. The van der Waals surface area contributed by atoms with E-state index in [9.17, 15) is 9.59 Å². The van der Waals surface area contributed by atoms with Gasteiger partial charge in [0.25, 0.3) is 0 Å². The van der Waals surface area contributed by atoms with Crippen LogP contribution < -0.4 is 20.4 Å². The van der Waals surface area contributed by atoms with Gasteiger partial charge in [-0.05, 0) is 56.2 Å². The molecule has 0 saturated carbocycles. The molecule has 29 heavy (non-hydrogen) atoms. The van der Waals surface area contributed by atoms with E-state index in [4.69, 9.17) is 0 Å². The molecule has 6 heteroatoms. The van der Waals surface area contributed by atoms with Crippen molar-refractivity contribution >= 4 is 34.6 Å². The minimum Gasteiger partial charge on any atom is -0.374 e. The van der Waals surface area contributed by atoms with Crippen molar-refractivity contribution in [1.82, 2.24) is 0 Å². The second-order valence-corrected chi connectivity index (χ2v) is 7.80. The number of nitrogens with one attached hydrogen (secondary N) is 2. The number of benzene rings is 2. The topological polar surface area (TPSA) is 64.7 Å². The number of anilines is 4. The maximum absolute atomic E-state index is 13.0. The van der Waals surface area contributed by atoms with Crippen LogP contribution in [0.25, 0.3) is 0 Å². The number of hydrogen-bond donors (Lipinski definition) is 2. The maximum Gasteiger partial charge on any atom is 0.249 e. The van der Waals surface area contributed by atoms with Gasteiger partial charge >= 0.3 is 0 Å². The van der Waals surface area contributed by atoms with Crippen LogP contribution in [0.15, 0.2) is 48.5 Å². The van der Waals surface area contributed by atoms with Crippen molar-refractivity contribution in [2.45, 2.75) is 38.6 Å². The summed E-state index contributed by atoms with van der Waals surface area (Å²) in [6.45, 7) is 4.09. The molecule has 152 valence electrons. The molecule has 2 heterocycles. The Balaban J connectivity index is 1.43. The van der Waals surface area contributed by atoms with Crippen LogP contribution in [0.5, 0.6) is 0 Å². The standard InChI is InChI=1S/C23H28N4O2/c1-17(23(29)27-16-22(28)25-20-8-4-5-9-21(20)27)24-18-10-12-19(13-11-18)26-14-6-2-3-7-15-26/h4-5,8-13,17,24H,2-3,6-7,14-16H2,1H3,(H,25,28)/t17-/m1/s1. The van der Waals surface area contributed by atoms with Crippen molar-refractivity contribution in [2.24, 2.45) is 0 Å². The van der Waals surface area contributed by atoms with Gasteiger partial charge in [-0.3, -0.25) is 14.5 Å². The lowest BCUT2D eigenvalue weighted by atomic mass is 10.1. The van der Waals surface area contributed by atoms with Crippen LogP contribution in [0, 0.1) is 0 Å². The van der Waals surface area contributed by atoms with Gasteiger partial charge < -0.3 is 15.5 Å². The first-order chi connectivity index (χ1) is 14.1. The summed E-state index contributed by atoms with van der Waals surface area (Å²) in [6, 6.07) is 15.2. The highest BCUT2D eigenvalue weighted by Gasteiger charge is 2.29. The Morgan fingerprint density at radius 2 is 1.69 bits per heavy atom. The van der Waals surface area contributed by atoms with Gasteiger partial charge in [-0.25, -0.2) is 0 Å². The van der Waals surface area contributed by atoms with E-state index in [1.54, 1.807) is 4.90 Å². The van der Waals surface area contributed by atoms with Crippen molar-refractivity contribution in [1.29, 1.82) is 0 Å². The molecule has 0 aromatic heterocycles. The van der Waals surface area contributed by atoms with Gasteiger partial charge in [0.1, 0.15) is 12.6 Å². The van der Waals surface area contributed by atoms with Gasteiger partial charge in [0, 0.05) is 24.5 Å². The summed E-state index contributed by atoms with van der Waals surface area (Å²) < 4.78 is 0. The predicted octanol–water partition coefficient (Wildman–Crippen LogP) is 3.85. The SMILES string of the molecule is C[C@@H](Nc1ccc(N2CCCCCC2)cc1)C(=O)N1CC(=O)Nc2ccccc21. The highest BCUT2D eigenvalue weighted by Crippen LogP contribution is 2.29. The van der Waals surface area contributed by atoms with E-state index in [0.717, 1.165) is 24.5 Å². The zero-order chi connectivity index (χ0) is 20.2. The Labute approximate surface area is 171 Å². The number of rotatable bonds is 4. The number of hydrogen-bond acceptors (Lipinski definition) is 4. The van der Waals surface area contributed by atoms with Crippen LogP contribution in [0.1, 0.15) is 32.6 Å². The molecule has 2 aliphatic heterocycles. The first kappa shape index (κ1) is 19.3. The zero-order valence-corrected chi connectivity index (χ0v) is 16.9. The van der Waals surface area contributed by atoms with Gasteiger partial charge in [0.05, 0.1) is 11.4 Å². The molecule has 6 nitrogen and oxygen atoms in total. The van der Waals surface area contributed by atoms with Gasteiger partial charge in [-0.1, -0.05) is 25.0 Å². The van der Waals surface area contributed by atoms with Crippen LogP contribution in [-0.2, 0) is 9.59 Å². The molecule has 1 saturated heterocycles. The summed E-state index contributed by atoms with van der Waals surface area (Å²) in [5.74, 6) is -0.296. The van der Waals surface area contributed by atoms with Crippen LogP contribution in [0.4, 0.5) is 22.7 Å². The molecule has 2 N–H and O–H groups in total. The summed E-state index contributed by atoms with van der Waals surface area (Å²) >= 11 is 0. The number of amides is 2. The molecule has 2 aliphatic rings. The molecule has 0 spiro atoms. The van der Waals surface area contributed by atoms with Crippen molar-refractivity contribution in [3.05, 3.63) is 48.5 Å². The first-order valence-corrected chi connectivity index (χ1v) is 10.4. The summed E-state index contributed by atoms with van der Waals surface area (Å²) in [4.78, 5) is 29.0. The highest BCUT2D eigenvalue weighted by molar-refractivity contribution is 6.11. The van der Waals surface area contributed by atoms with E-state index in [2.05, 4.69) is 27.7 Å². The quantitative estimate of drug-likeness (QED) is 0.829. The van der Waals surface area contributed by atoms with E-state index in [1.807, 2.05) is 43.3 Å². The third-order valence-corrected chi connectivity index (χ3v) is 5.63. The highest BCUT2D eigenvalue weighted by atomic mass is 16.2. The van der Waals surface area contributed by atoms with Gasteiger partial charge in [-0.2, -0.15) is 0 Å². The van der Waals surface area contributed by atoms with E-state index in [1.165, 1.54) is 31.4 Å². The average Bonchev–Trinajstić information content (AvgIpc) is 3.02. The summed E-state index contributed by atoms with van der Waals surface area (Å²) in [5, 5.41) is 6.10. The predicted molar refractivity (Wildman–Crippen MR) is 118 cm³/mol. The van der Waals surface area contributed by atoms with E-state index in [0.29, 0.717) is 5.69 Å². The summed E-state index contributed by atoms with van der Waals surface area (Å²) in [5.41, 5.74) is 3.55. The third kappa shape index (κ3) is 4.36. The average molecular weight is 393 g/mol. The van der Waals surface area contributed by atoms with Crippen molar-refractivity contribution in [3.63, 3.8) is 0 Å². The third-order valence-electron chi connectivity index (χ3n) is 5.63. The number of nitrogens with zero attached hydrogens (tertiary/aromatic N) is 2. The smallest absolute Gasteiger partial charge is 0.249 e. The molecule has 1 atom stereocenters. The lowest BCUT2D eigenvalue weighted by Gasteiger charge is -2.31. The summed E-state index contributed by atoms with van der Waals surface area (Å²) in [6.07, 6.45) is 5.12. The summed E-state index contributed by atoms with van der Waals surface area (Å²) in [7, 11) is 0. The molecule has 2 aromatic carbocycles. The molecule has 1 fully saturated rings. The second kappa shape index (κ2) is 8.55. The van der Waals surface area contributed by atoms with Crippen LogP contribution in [0.2, 0.25) is 0 Å². The van der Waals surface area contributed by atoms with E-state index >= 15 is 0 Å². The Hall–Kier alpha value is -3.02. The molecular weight excluding hydrogens is 364 g/mol. The molecule has 2 aromatic rings. The van der Waals surface area contributed by atoms with Crippen LogP contribution in [0.3, 0.4) is 0 Å². The Bertz CT molecular complexity index is 873. The second-order valence-electron chi connectivity index (χ2n) is 7.80. The lowest BCUT2D eigenvalue weighted by molar-refractivity contribution is -0.122. The van der Waals surface area contributed by atoms with Gasteiger partial charge in [0.2, 0.25) is 11.8 Å². The fourth-order valence-electron chi connectivity index (χ4n) is 4.07. The molecule has 0 radical (unpaired) electrons. The molecule has 0 bridgehead atoms. The lowest BCUT2D eigenvalue weighted by Crippen LogP contribution is -2.47. The van der Waals surface area contributed by atoms with Crippen LogP contribution in [-0.4, -0.2) is 37.5 Å². The van der Waals surface area contributed by atoms with E-state index in [-0.39, 0.29) is 18.4 Å². The molecular formula is C23H28N4O2. The van der Waals surface area contributed by atoms with Crippen molar-refractivity contribution in [2.75, 3.05) is 40.1 Å². The fourth-order valence-corrected chi connectivity index (χ4v) is 4.07. The van der Waals surface area contributed by atoms with Gasteiger partial charge in [-0.15, -0.1) is 0 Å². The van der Waals surface area contributed by atoms with Crippen molar-refractivity contribution in [3.8, 4) is 0 Å². The van der Waals surface area contributed by atoms with Crippen LogP contribution >= 0.6 is 0 Å². The molecule has 4 rings (SSSR count). The number of para-hydroxylation sites is 2. The Morgan fingerprint density at radius 1 is 1.00 bits per heavy atom. The van der Waals surface area contributed by atoms with Crippen molar-refractivity contribution < 1.29 is 9.59 Å². The van der Waals surface area contributed by atoms with E-state index < -0.39 is 6.04 Å². The largest absolute Gasteiger partial charge is 0.374 e. The monoisotopic (exact) mass is 392 g/mol. The number of fused-ring (bicyclic) bond motifs is 1.